The largest absolute Gasteiger partial charge is 0.310 e. The van der Waals surface area contributed by atoms with Crippen molar-refractivity contribution in [2.45, 2.75) is 52.1 Å². The van der Waals surface area contributed by atoms with E-state index in [0.29, 0.717) is 0 Å². The van der Waals surface area contributed by atoms with Gasteiger partial charge in [-0.2, -0.15) is 0 Å². The van der Waals surface area contributed by atoms with Crippen LogP contribution in [0.15, 0.2) is 18.2 Å². The number of aryl methyl sites for hydroxylation is 1. The molecule has 2 rings (SSSR count). The minimum absolute atomic E-state index is 0.0973. The summed E-state index contributed by atoms with van der Waals surface area (Å²) < 4.78 is 13.7. The second-order valence-corrected chi connectivity index (χ2v) is 5.77. The van der Waals surface area contributed by atoms with E-state index >= 15 is 0 Å². The number of nitrogens with zero attached hydrogens (tertiary/aromatic N) is 1. The number of hydrogen-bond acceptors (Lipinski definition) is 2. The third-order valence-electron chi connectivity index (χ3n) is 4.22. The van der Waals surface area contributed by atoms with Gasteiger partial charge in [0.15, 0.2) is 0 Å². The predicted molar refractivity (Wildman–Crippen MR) is 82.4 cm³/mol. The topological polar surface area (TPSA) is 15.3 Å². The molecule has 112 valence electrons. The molecule has 0 aromatic heterocycles. The zero-order valence-corrected chi connectivity index (χ0v) is 13.0. The predicted octanol–water partition coefficient (Wildman–Crippen LogP) is 3.66. The number of halogens is 1. The van der Waals surface area contributed by atoms with Crippen molar-refractivity contribution in [3.05, 3.63) is 35.1 Å². The van der Waals surface area contributed by atoms with Crippen LogP contribution >= 0.6 is 0 Å². The zero-order chi connectivity index (χ0) is 14.5. The van der Waals surface area contributed by atoms with Gasteiger partial charge in [0.25, 0.3) is 0 Å². The molecule has 1 atom stereocenters. The lowest BCUT2D eigenvalue weighted by atomic mass is 10.0. The fourth-order valence-corrected chi connectivity index (χ4v) is 2.79. The van der Waals surface area contributed by atoms with Crippen molar-refractivity contribution in [1.29, 1.82) is 0 Å². The molecular weight excluding hydrogens is 251 g/mol. The molecule has 1 fully saturated rings. The molecule has 0 spiro atoms. The average Bonchev–Trinajstić information content (AvgIpc) is 3.26. The van der Waals surface area contributed by atoms with Crippen LogP contribution in [0.1, 0.15) is 50.3 Å². The Balaban J connectivity index is 1.99. The van der Waals surface area contributed by atoms with Crippen molar-refractivity contribution < 1.29 is 4.39 Å². The summed E-state index contributed by atoms with van der Waals surface area (Å²) in [6.07, 6.45) is 3.73. The molecule has 0 aliphatic heterocycles. The Hall–Kier alpha value is -0.930. The van der Waals surface area contributed by atoms with Gasteiger partial charge < -0.3 is 10.2 Å². The summed E-state index contributed by atoms with van der Waals surface area (Å²) in [7, 11) is 0. The van der Waals surface area contributed by atoms with E-state index in [0.717, 1.165) is 43.2 Å². The van der Waals surface area contributed by atoms with Crippen LogP contribution in [-0.2, 0) is 0 Å². The van der Waals surface area contributed by atoms with E-state index in [-0.39, 0.29) is 11.9 Å². The molecule has 1 N–H and O–H groups in total. The van der Waals surface area contributed by atoms with Gasteiger partial charge in [-0.1, -0.05) is 26.0 Å². The molecule has 0 radical (unpaired) electrons. The van der Waals surface area contributed by atoms with Crippen LogP contribution in [0.4, 0.5) is 4.39 Å². The Morgan fingerprint density at radius 2 is 2.10 bits per heavy atom. The molecule has 0 bridgehead atoms. The Morgan fingerprint density at radius 1 is 1.35 bits per heavy atom. The van der Waals surface area contributed by atoms with Crippen LogP contribution in [0.5, 0.6) is 0 Å². The average molecular weight is 278 g/mol. The molecule has 0 amide bonds. The first-order valence-corrected chi connectivity index (χ1v) is 7.89. The van der Waals surface area contributed by atoms with Crippen molar-refractivity contribution in [3.63, 3.8) is 0 Å². The maximum Gasteiger partial charge on any atom is 0.126 e. The Bertz CT molecular complexity index is 429. The van der Waals surface area contributed by atoms with E-state index in [9.17, 15) is 4.39 Å². The maximum absolute atomic E-state index is 13.7. The standard InChI is InChI=1S/C17H27FN2/c1-4-19-17(10-11-20(5-2)15-8-9-15)14-7-6-13(3)16(18)12-14/h6-7,12,15,17,19H,4-5,8-11H2,1-3H3. The van der Waals surface area contributed by atoms with E-state index in [1.165, 1.54) is 12.8 Å². The molecule has 1 unspecified atom stereocenters. The second-order valence-electron chi connectivity index (χ2n) is 5.77. The molecule has 3 heteroatoms. The van der Waals surface area contributed by atoms with Gasteiger partial charge in [-0.3, -0.25) is 0 Å². The summed E-state index contributed by atoms with van der Waals surface area (Å²) in [6, 6.07) is 6.68. The van der Waals surface area contributed by atoms with Crippen LogP contribution in [0, 0.1) is 12.7 Å². The van der Waals surface area contributed by atoms with Crippen LogP contribution in [-0.4, -0.2) is 30.6 Å². The Morgan fingerprint density at radius 3 is 2.65 bits per heavy atom. The number of hydrogen-bond donors (Lipinski definition) is 1. The van der Waals surface area contributed by atoms with Crippen molar-refractivity contribution in [1.82, 2.24) is 10.2 Å². The normalized spacial score (nSPS) is 16.6. The van der Waals surface area contributed by atoms with Gasteiger partial charge in [-0.15, -0.1) is 0 Å². The first-order valence-electron chi connectivity index (χ1n) is 7.89. The molecule has 20 heavy (non-hydrogen) atoms. The molecule has 1 aliphatic carbocycles. The van der Waals surface area contributed by atoms with Gasteiger partial charge in [-0.25, -0.2) is 4.39 Å². The second kappa shape index (κ2) is 7.19. The van der Waals surface area contributed by atoms with Crippen LogP contribution in [0.25, 0.3) is 0 Å². The highest BCUT2D eigenvalue weighted by molar-refractivity contribution is 5.25. The first-order chi connectivity index (χ1) is 9.65. The summed E-state index contributed by atoms with van der Waals surface area (Å²) in [5, 5.41) is 3.49. The third-order valence-corrected chi connectivity index (χ3v) is 4.22. The summed E-state index contributed by atoms with van der Waals surface area (Å²) in [6.45, 7) is 9.27. The fourth-order valence-electron chi connectivity index (χ4n) is 2.79. The monoisotopic (exact) mass is 278 g/mol. The van der Waals surface area contributed by atoms with Gasteiger partial charge in [0.2, 0.25) is 0 Å². The first kappa shape index (κ1) is 15.5. The van der Waals surface area contributed by atoms with E-state index in [1.54, 1.807) is 6.07 Å². The lowest BCUT2D eigenvalue weighted by molar-refractivity contribution is 0.259. The van der Waals surface area contributed by atoms with Gasteiger partial charge >= 0.3 is 0 Å². The minimum atomic E-state index is -0.0973. The SMILES string of the molecule is CCNC(CCN(CC)C1CC1)c1ccc(C)c(F)c1. The van der Waals surface area contributed by atoms with Crippen molar-refractivity contribution in [2.24, 2.45) is 0 Å². The van der Waals surface area contributed by atoms with E-state index in [1.807, 2.05) is 13.0 Å². The van der Waals surface area contributed by atoms with Crippen molar-refractivity contribution in [3.8, 4) is 0 Å². The Labute approximate surface area is 122 Å². The lowest BCUT2D eigenvalue weighted by Crippen LogP contribution is -2.31. The highest BCUT2D eigenvalue weighted by atomic mass is 19.1. The molecule has 2 nitrogen and oxygen atoms in total. The smallest absolute Gasteiger partial charge is 0.126 e. The van der Waals surface area contributed by atoms with E-state index in [4.69, 9.17) is 0 Å². The van der Waals surface area contributed by atoms with E-state index < -0.39 is 0 Å². The summed E-state index contributed by atoms with van der Waals surface area (Å²) >= 11 is 0. The molecule has 0 heterocycles. The number of nitrogens with one attached hydrogen (secondary N) is 1. The Kier molecular flexibility index (Phi) is 5.55. The third kappa shape index (κ3) is 4.03. The summed E-state index contributed by atoms with van der Waals surface area (Å²) in [5.74, 6) is -0.0973. The number of rotatable bonds is 8. The van der Waals surface area contributed by atoms with Crippen LogP contribution in [0.2, 0.25) is 0 Å². The van der Waals surface area contributed by atoms with Crippen LogP contribution < -0.4 is 5.32 Å². The molecule has 1 saturated carbocycles. The fraction of sp³-hybridized carbons (Fsp3) is 0.647. The quantitative estimate of drug-likeness (QED) is 0.780. The van der Waals surface area contributed by atoms with E-state index in [2.05, 4.69) is 30.1 Å². The minimum Gasteiger partial charge on any atom is -0.310 e. The van der Waals surface area contributed by atoms with Crippen molar-refractivity contribution >= 4 is 0 Å². The maximum atomic E-state index is 13.7. The highest BCUT2D eigenvalue weighted by Gasteiger charge is 2.28. The molecule has 0 saturated heterocycles. The summed E-state index contributed by atoms with van der Waals surface area (Å²) in [5.41, 5.74) is 1.79. The molecule has 1 aromatic rings. The molecular formula is C17H27FN2. The van der Waals surface area contributed by atoms with Crippen molar-refractivity contribution in [2.75, 3.05) is 19.6 Å². The van der Waals surface area contributed by atoms with Gasteiger partial charge in [0, 0.05) is 18.6 Å². The van der Waals surface area contributed by atoms with Crippen LogP contribution in [0.3, 0.4) is 0 Å². The highest BCUT2D eigenvalue weighted by Crippen LogP contribution is 2.28. The molecule has 1 aliphatic rings. The lowest BCUT2D eigenvalue weighted by Gasteiger charge is -2.24. The van der Waals surface area contributed by atoms with Gasteiger partial charge in [0.1, 0.15) is 5.82 Å². The summed E-state index contributed by atoms with van der Waals surface area (Å²) in [4.78, 5) is 2.55. The number of benzene rings is 1. The van der Waals surface area contributed by atoms with Gasteiger partial charge in [-0.05, 0) is 56.5 Å². The zero-order valence-electron chi connectivity index (χ0n) is 13.0. The van der Waals surface area contributed by atoms with Gasteiger partial charge in [0.05, 0.1) is 0 Å². The molecule has 1 aromatic carbocycles.